The van der Waals surface area contributed by atoms with Gasteiger partial charge in [-0.1, -0.05) is 6.07 Å². The van der Waals surface area contributed by atoms with Crippen LogP contribution in [0.25, 0.3) is 0 Å². The second-order valence-corrected chi connectivity index (χ2v) is 4.45. The van der Waals surface area contributed by atoms with Gasteiger partial charge in [-0.25, -0.2) is 14.6 Å². The quantitative estimate of drug-likeness (QED) is 0.672. The van der Waals surface area contributed by atoms with E-state index in [1.165, 1.54) is 6.07 Å². The fraction of sp³-hybridized carbons (Fsp3) is 0.214. The monoisotopic (exact) mass is 288 g/mol. The normalized spacial score (nSPS) is 10.1. The molecule has 0 spiro atoms. The number of rotatable bonds is 5. The van der Waals surface area contributed by atoms with Crippen LogP contribution in [0.2, 0.25) is 0 Å². The number of imidazole rings is 1. The highest BCUT2D eigenvalue weighted by Crippen LogP contribution is 2.18. The van der Waals surface area contributed by atoms with Crippen LogP contribution in [0.15, 0.2) is 30.6 Å². The molecule has 0 fully saturated rings. The molecule has 2 amide bonds. The van der Waals surface area contributed by atoms with Gasteiger partial charge in [-0.05, 0) is 24.6 Å². The van der Waals surface area contributed by atoms with Gasteiger partial charge in [-0.15, -0.1) is 0 Å². The highest BCUT2D eigenvalue weighted by Gasteiger charge is 2.11. The number of benzene rings is 1. The molecule has 110 valence electrons. The van der Waals surface area contributed by atoms with Gasteiger partial charge in [0.2, 0.25) is 0 Å². The van der Waals surface area contributed by atoms with E-state index in [2.05, 4.69) is 20.6 Å². The van der Waals surface area contributed by atoms with E-state index >= 15 is 0 Å². The largest absolute Gasteiger partial charge is 0.478 e. The fourth-order valence-electron chi connectivity index (χ4n) is 1.90. The van der Waals surface area contributed by atoms with Crippen molar-refractivity contribution in [2.75, 3.05) is 11.9 Å². The predicted molar refractivity (Wildman–Crippen MR) is 77.5 cm³/mol. The molecule has 0 bridgehead atoms. The number of aromatic amines is 1. The third-order valence-electron chi connectivity index (χ3n) is 3.01. The van der Waals surface area contributed by atoms with E-state index in [9.17, 15) is 9.59 Å². The molecule has 2 aromatic rings. The van der Waals surface area contributed by atoms with E-state index in [1.807, 2.05) is 0 Å². The molecule has 2 rings (SSSR count). The van der Waals surface area contributed by atoms with E-state index < -0.39 is 5.97 Å². The molecule has 0 saturated heterocycles. The van der Waals surface area contributed by atoms with Crippen molar-refractivity contribution in [3.05, 3.63) is 47.5 Å². The summed E-state index contributed by atoms with van der Waals surface area (Å²) in [4.78, 5) is 29.8. The fourth-order valence-corrected chi connectivity index (χ4v) is 1.90. The zero-order valence-corrected chi connectivity index (χ0v) is 11.5. The summed E-state index contributed by atoms with van der Waals surface area (Å²) in [5.41, 5.74) is 1.17. The molecule has 0 aliphatic heterocycles. The number of carboxylic acids is 1. The molecule has 1 aromatic carbocycles. The molecule has 1 aromatic heterocycles. The Morgan fingerprint density at radius 2 is 2.19 bits per heavy atom. The average Bonchev–Trinajstić information content (AvgIpc) is 2.94. The number of hydrogen-bond acceptors (Lipinski definition) is 3. The number of nitrogens with one attached hydrogen (secondary N) is 3. The average molecular weight is 288 g/mol. The van der Waals surface area contributed by atoms with Crippen LogP contribution >= 0.6 is 0 Å². The number of H-pyrrole nitrogens is 1. The van der Waals surface area contributed by atoms with Gasteiger partial charge in [-0.3, -0.25) is 0 Å². The minimum Gasteiger partial charge on any atom is -0.478 e. The van der Waals surface area contributed by atoms with Crippen LogP contribution in [-0.4, -0.2) is 33.6 Å². The summed E-state index contributed by atoms with van der Waals surface area (Å²) in [6, 6.07) is 4.37. The zero-order chi connectivity index (χ0) is 15.2. The topological polar surface area (TPSA) is 107 Å². The number of amides is 2. The first-order valence-corrected chi connectivity index (χ1v) is 6.44. The Labute approximate surface area is 121 Å². The number of anilines is 1. The molecule has 7 heteroatoms. The van der Waals surface area contributed by atoms with Gasteiger partial charge in [-0.2, -0.15) is 0 Å². The second-order valence-electron chi connectivity index (χ2n) is 4.45. The van der Waals surface area contributed by atoms with Gasteiger partial charge >= 0.3 is 12.0 Å². The van der Waals surface area contributed by atoms with E-state index in [4.69, 9.17) is 5.11 Å². The van der Waals surface area contributed by atoms with Crippen LogP contribution in [0.4, 0.5) is 10.5 Å². The molecule has 0 saturated carbocycles. The SMILES string of the molecule is Cc1c(NC(=O)NCCc2ncc[nH]2)cccc1C(=O)O. The molecule has 0 radical (unpaired) electrons. The van der Waals surface area contributed by atoms with E-state index in [1.54, 1.807) is 31.5 Å². The van der Waals surface area contributed by atoms with Crippen molar-refractivity contribution >= 4 is 17.7 Å². The second kappa shape index (κ2) is 6.56. The first kappa shape index (κ1) is 14.6. The summed E-state index contributed by atoms with van der Waals surface area (Å²) < 4.78 is 0. The number of aromatic carboxylic acids is 1. The number of urea groups is 1. The Balaban J connectivity index is 1.90. The molecule has 0 unspecified atom stereocenters. The van der Waals surface area contributed by atoms with Gasteiger partial charge in [0.15, 0.2) is 0 Å². The molecule has 7 nitrogen and oxygen atoms in total. The molecule has 4 N–H and O–H groups in total. The predicted octanol–water partition coefficient (Wildman–Crippen LogP) is 1.78. The van der Waals surface area contributed by atoms with E-state index in [0.29, 0.717) is 24.2 Å². The lowest BCUT2D eigenvalue weighted by Gasteiger charge is -2.11. The maximum absolute atomic E-state index is 11.8. The van der Waals surface area contributed by atoms with Gasteiger partial charge in [0.05, 0.1) is 5.56 Å². The lowest BCUT2D eigenvalue weighted by atomic mass is 10.1. The van der Waals surface area contributed by atoms with Gasteiger partial charge < -0.3 is 20.7 Å². The molecule has 21 heavy (non-hydrogen) atoms. The van der Waals surface area contributed by atoms with Crippen molar-refractivity contribution in [2.24, 2.45) is 0 Å². The Morgan fingerprint density at radius 1 is 1.38 bits per heavy atom. The molecule has 0 aliphatic rings. The maximum atomic E-state index is 11.8. The lowest BCUT2D eigenvalue weighted by Crippen LogP contribution is -2.31. The summed E-state index contributed by atoms with van der Waals surface area (Å²) in [6.45, 7) is 2.08. The van der Waals surface area contributed by atoms with Crippen LogP contribution in [0.1, 0.15) is 21.7 Å². The third-order valence-corrected chi connectivity index (χ3v) is 3.01. The molecular weight excluding hydrogens is 272 g/mol. The Bertz CT molecular complexity index is 638. The molecule has 0 aliphatic carbocycles. The van der Waals surface area contributed by atoms with Crippen LogP contribution in [0.5, 0.6) is 0 Å². The van der Waals surface area contributed by atoms with E-state index in [-0.39, 0.29) is 11.6 Å². The number of nitrogens with zero attached hydrogens (tertiary/aromatic N) is 1. The molecule has 1 heterocycles. The summed E-state index contributed by atoms with van der Waals surface area (Å²) >= 11 is 0. The number of hydrogen-bond donors (Lipinski definition) is 4. The lowest BCUT2D eigenvalue weighted by molar-refractivity contribution is 0.0696. The van der Waals surface area contributed by atoms with Crippen molar-refractivity contribution in [2.45, 2.75) is 13.3 Å². The molecule has 0 atom stereocenters. The standard InChI is InChI=1S/C14H16N4O3/c1-9-10(13(19)20)3-2-4-11(9)18-14(21)17-6-5-12-15-7-8-16-12/h2-4,7-8H,5-6H2,1H3,(H,15,16)(H,19,20)(H2,17,18,21). The minimum atomic E-state index is -1.02. The summed E-state index contributed by atoms with van der Waals surface area (Å²) in [6.07, 6.45) is 3.96. The summed E-state index contributed by atoms with van der Waals surface area (Å²) in [5, 5.41) is 14.4. The first-order valence-electron chi connectivity index (χ1n) is 6.44. The number of carbonyl (C=O) groups excluding carboxylic acids is 1. The van der Waals surface area contributed by atoms with Crippen LogP contribution in [-0.2, 0) is 6.42 Å². The number of aromatic nitrogens is 2. The van der Waals surface area contributed by atoms with Gasteiger partial charge in [0, 0.05) is 31.0 Å². The summed E-state index contributed by atoms with van der Waals surface area (Å²) in [7, 11) is 0. The van der Waals surface area contributed by atoms with Crippen LogP contribution in [0, 0.1) is 6.92 Å². The first-order chi connectivity index (χ1) is 10.1. The Morgan fingerprint density at radius 3 is 2.86 bits per heavy atom. The minimum absolute atomic E-state index is 0.170. The third kappa shape index (κ3) is 3.82. The molecular formula is C14H16N4O3. The van der Waals surface area contributed by atoms with Crippen molar-refractivity contribution < 1.29 is 14.7 Å². The van der Waals surface area contributed by atoms with Crippen molar-refractivity contribution in [1.29, 1.82) is 0 Å². The highest BCUT2D eigenvalue weighted by atomic mass is 16.4. The maximum Gasteiger partial charge on any atom is 0.336 e. The Hall–Kier alpha value is -2.83. The van der Waals surface area contributed by atoms with Gasteiger partial charge in [0.25, 0.3) is 0 Å². The van der Waals surface area contributed by atoms with Crippen molar-refractivity contribution in [1.82, 2.24) is 15.3 Å². The van der Waals surface area contributed by atoms with E-state index in [0.717, 1.165) is 5.82 Å². The van der Waals surface area contributed by atoms with Gasteiger partial charge in [0.1, 0.15) is 5.82 Å². The zero-order valence-electron chi connectivity index (χ0n) is 11.5. The smallest absolute Gasteiger partial charge is 0.336 e. The van der Waals surface area contributed by atoms with Crippen LogP contribution in [0.3, 0.4) is 0 Å². The highest BCUT2D eigenvalue weighted by molar-refractivity contribution is 5.95. The van der Waals surface area contributed by atoms with Crippen molar-refractivity contribution in [3.8, 4) is 0 Å². The van der Waals surface area contributed by atoms with Crippen LogP contribution < -0.4 is 10.6 Å². The number of carbonyl (C=O) groups is 2. The summed E-state index contributed by atoms with van der Waals surface area (Å²) in [5.74, 6) is -0.228. The number of carboxylic acid groups (broad SMARTS) is 1. The Kier molecular flexibility index (Phi) is 4.55. The van der Waals surface area contributed by atoms with Crippen molar-refractivity contribution in [3.63, 3.8) is 0 Å².